The van der Waals surface area contributed by atoms with Gasteiger partial charge in [-0.25, -0.2) is 0 Å². The van der Waals surface area contributed by atoms with E-state index in [4.69, 9.17) is 0 Å². The minimum absolute atomic E-state index is 0.268. The molecule has 25 heavy (non-hydrogen) atoms. The molecule has 2 atom stereocenters. The van der Waals surface area contributed by atoms with Crippen LogP contribution in [-0.2, 0) is 11.3 Å². The molecule has 2 aromatic rings. The van der Waals surface area contributed by atoms with Gasteiger partial charge in [-0.3, -0.25) is 9.69 Å². The second-order valence-electron chi connectivity index (χ2n) is 7.57. The summed E-state index contributed by atoms with van der Waals surface area (Å²) in [4.78, 5) is 17.3. The minimum Gasteiger partial charge on any atom is -0.336 e. The van der Waals surface area contributed by atoms with Gasteiger partial charge in [0.15, 0.2) is 0 Å². The van der Waals surface area contributed by atoms with Crippen LogP contribution < -0.4 is 0 Å². The van der Waals surface area contributed by atoms with Crippen LogP contribution >= 0.6 is 0 Å². The van der Waals surface area contributed by atoms with Crippen LogP contribution in [0.15, 0.2) is 54.6 Å². The molecule has 0 bridgehead atoms. The Balaban J connectivity index is 1.56. The molecule has 2 heterocycles. The van der Waals surface area contributed by atoms with Crippen molar-refractivity contribution < 1.29 is 4.79 Å². The van der Waals surface area contributed by atoms with Crippen molar-refractivity contribution in [1.82, 2.24) is 9.80 Å². The summed E-state index contributed by atoms with van der Waals surface area (Å²) in [7, 11) is 0. The summed E-state index contributed by atoms with van der Waals surface area (Å²) >= 11 is 0. The second-order valence-corrected chi connectivity index (χ2v) is 7.57. The Hall–Kier alpha value is -2.13. The molecule has 0 spiro atoms. The molecule has 2 aliphatic heterocycles. The van der Waals surface area contributed by atoms with E-state index in [0.29, 0.717) is 12.5 Å². The fourth-order valence-corrected chi connectivity index (χ4v) is 4.23. The van der Waals surface area contributed by atoms with Crippen LogP contribution in [0.25, 0.3) is 0 Å². The molecule has 1 amide bonds. The number of carbonyl (C=O) groups is 1. The lowest BCUT2D eigenvalue weighted by atomic mass is 9.84. The first-order valence-corrected chi connectivity index (χ1v) is 9.33. The highest BCUT2D eigenvalue weighted by molar-refractivity contribution is 5.79. The highest BCUT2D eigenvalue weighted by atomic mass is 16.2. The van der Waals surface area contributed by atoms with Gasteiger partial charge in [-0.2, -0.15) is 0 Å². The number of benzene rings is 2. The third kappa shape index (κ3) is 3.47. The van der Waals surface area contributed by atoms with Gasteiger partial charge >= 0.3 is 0 Å². The average Bonchev–Trinajstić information content (AvgIpc) is 3.06. The summed E-state index contributed by atoms with van der Waals surface area (Å²) in [6, 6.07) is 19.2. The number of hydrogen-bond donors (Lipinski definition) is 0. The Bertz CT molecular complexity index is 743. The second kappa shape index (κ2) is 7.01. The molecule has 1 fully saturated rings. The van der Waals surface area contributed by atoms with Crippen LogP contribution in [0.4, 0.5) is 0 Å². The van der Waals surface area contributed by atoms with Crippen molar-refractivity contribution in [2.24, 2.45) is 5.92 Å². The molecule has 2 unspecified atom stereocenters. The van der Waals surface area contributed by atoms with Crippen LogP contribution in [-0.4, -0.2) is 41.9 Å². The van der Waals surface area contributed by atoms with E-state index in [1.54, 1.807) is 0 Å². The lowest BCUT2D eigenvalue weighted by Gasteiger charge is -2.36. The van der Waals surface area contributed by atoms with Gasteiger partial charge in [-0.05, 0) is 35.6 Å². The lowest BCUT2D eigenvalue weighted by molar-refractivity contribution is -0.133. The summed E-state index contributed by atoms with van der Waals surface area (Å²) < 4.78 is 0. The Labute approximate surface area is 150 Å². The van der Waals surface area contributed by atoms with Crippen LogP contribution in [0.3, 0.4) is 0 Å². The topological polar surface area (TPSA) is 23.6 Å². The number of carbonyl (C=O) groups excluding carboxylic acids is 1. The van der Waals surface area contributed by atoms with Gasteiger partial charge in [0.05, 0.1) is 6.54 Å². The van der Waals surface area contributed by atoms with Gasteiger partial charge < -0.3 is 4.90 Å². The Kier molecular flexibility index (Phi) is 4.58. The van der Waals surface area contributed by atoms with Crippen LogP contribution in [0.5, 0.6) is 0 Å². The highest BCUT2D eigenvalue weighted by Crippen LogP contribution is 2.33. The maximum atomic E-state index is 12.9. The molecule has 2 aliphatic rings. The lowest BCUT2D eigenvalue weighted by Crippen LogP contribution is -2.43. The fraction of sp³-hybridized carbons (Fsp3) is 0.409. The van der Waals surface area contributed by atoms with E-state index in [2.05, 4.69) is 71.3 Å². The molecule has 4 rings (SSSR count). The average molecular weight is 334 g/mol. The first-order valence-electron chi connectivity index (χ1n) is 9.33. The van der Waals surface area contributed by atoms with Crippen LogP contribution in [0.1, 0.15) is 36.0 Å². The zero-order valence-corrected chi connectivity index (χ0v) is 14.9. The van der Waals surface area contributed by atoms with E-state index in [1.807, 2.05) is 0 Å². The molecule has 1 saturated heterocycles. The zero-order valence-electron chi connectivity index (χ0n) is 14.9. The maximum absolute atomic E-state index is 12.9. The summed E-state index contributed by atoms with van der Waals surface area (Å²) in [5, 5.41) is 0. The largest absolute Gasteiger partial charge is 0.336 e. The number of rotatable bonds is 3. The number of likely N-dealkylation sites (tertiary alicyclic amines) is 1. The minimum atomic E-state index is 0.268. The molecule has 3 heteroatoms. The summed E-state index contributed by atoms with van der Waals surface area (Å²) in [6.07, 6.45) is 1.21. The maximum Gasteiger partial charge on any atom is 0.237 e. The van der Waals surface area contributed by atoms with Crippen LogP contribution in [0.2, 0.25) is 0 Å². The van der Waals surface area contributed by atoms with Crippen molar-refractivity contribution >= 4 is 5.91 Å². The zero-order chi connectivity index (χ0) is 17.2. The van der Waals surface area contributed by atoms with Crippen molar-refractivity contribution in [3.05, 3.63) is 71.3 Å². The Morgan fingerprint density at radius 2 is 1.80 bits per heavy atom. The molecule has 0 aromatic heterocycles. The van der Waals surface area contributed by atoms with Gasteiger partial charge in [0.1, 0.15) is 0 Å². The first-order chi connectivity index (χ1) is 12.2. The highest BCUT2D eigenvalue weighted by Gasteiger charge is 2.30. The molecule has 0 saturated carbocycles. The normalized spacial score (nSPS) is 23.5. The van der Waals surface area contributed by atoms with E-state index in [-0.39, 0.29) is 11.8 Å². The van der Waals surface area contributed by atoms with Crippen molar-refractivity contribution in [2.45, 2.75) is 25.8 Å². The molecule has 0 aliphatic carbocycles. The van der Waals surface area contributed by atoms with Gasteiger partial charge in [-0.15, -0.1) is 0 Å². The number of fused-ring (bicyclic) bond motifs is 1. The van der Waals surface area contributed by atoms with Crippen molar-refractivity contribution in [1.29, 1.82) is 0 Å². The monoisotopic (exact) mass is 334 g/mol. The van der Waals surface area contributed by atoms with Gasteiger partial charge in [-0.1, -0.05) is 61.5 Å². The third-order valence-electron chi connectivity index (χ3n) is 5.62. The molecule has 2 aromatic carbocycles. The first kappa shape index (κ1) is 16.3. The molecule has 0 radical (unpaired) electrons. The van der Waals surface area contributed by atoms with E-state index < -0.39 is 0 Å². The van der Waals surface area contributed by atoms with Crippen molar-refractivity contribution in [2.75, 3.05) is 26.2 Å². The van der Waals surface area contributed by atoms with Crippen LogP contribution in [0, 0.1) is 5.92 Å². The number of nitrogens with zero attached hydrogens (tertiary/aromatic N) is 2. The van der Waals surface area contributed by atoms with Crippen molar-refractivity contribution in [3.63, 3.8) is 0 Å². The summed E-state index contributed by atoms with van der Waals surface area (Å²) in [5.74, 6) is 1.25. The molecule has 3 nitrogen and oxygen atoms in total. The summed E-state index contributed by atoms with van der Waals surface area (Å²) in [6.45, 7) is 6.46. The molecular formula is C22H26N2O. The van der Waals surface area contributed by atoms with Gasteiger partial charge in [0, 0.05) is 25.6 Å². The molecular weight excluding hydrogens is 308 g/mol. The quantitative estimate of drug-likeness (QED) is 0.858. The van der Waals surface area contributed by atoms with Crippen molar-refractivity contribution in [3.8, 4) is 0 Å². The smallest absolute Gasteiger partial charge is 0.237 e. The van der Waals surface area contributed by atoms with E-state index in [9.17, 15) is 4.79 Å². The van der Waals surface area contributed by atoms with Gasteiger partial charge in [0.25, 0.3) is 0 Å². The Morgan fingerprint density at radius 3 is 2.56 bits per heavy atom. The number of amides is 1. The van der Waals surface area contributed by atoms with E-state index in [1.165, 1.54) is 23.1 Å². The SMILES string of the molecule is CC1CCN(CC(=O)N2Cc3ccccc3C(c3ccccc3)C2)C1. The van der Waals surface area contributed by atoms with Gasteiger partial charge in [0.2, 0.25) is 5.91 Å². The predicted octanol–water partition coefficient (Wildman–Crippen LogP) is 3.50. The number of hydrogen-bond acceptors (Lipinski definition) is 2. The predicted molar refractivity (Wildman–Crippen MR) is 100 cm³/mol. The molecule has 0 N–H and O–H groups in total. The fourth-order valence-electron chi connectivity index (χ4n) is 4.23. The third-order valence-corrected chi connectivity index (χ3v) is 5.62. The summed E-state index contributed by atoms with van der Waals surface area (Å²) in [5.41, 5.74) is 3.94. The molecule has 130 valence electrons. The van der Waals surface area contributed by atoms with E-state index in [0.717, 1.165) is 26.2 Å². The Morgan fingerprint density at radius 1 is 1.04 bits per heavy atom. The standard InChI is InChI=1S/C22H26N2O/c1-17-11-12-23(13-17)16-22(25)24-14-19-9-5-6-10-20(19)21(15-24)18-7-3-2-4-8-18/h2-10,17,21H,11-16H2,1H3. The van der Waals surface area contributed by atoms with E-state index >= 15 is 0 Å².